The minimum absolute atomic E-state index is 0.153. The van der Waals surface area contributed by atoms with E-state index in [9.17, 15) is 13.2 Å². The van der Waals surface area contributed by atoms with E-state index in [0.29, 0.717) is 35.4 Å². The Balaban J connectivity index is 1.63. The Hall–Kier alpha value is -1.60. The van der Waals surface area contributed by atoms with Crippen LogP contribution in [0.4, 0.5) is 5.69 Å². The number of nitrogens with zero attached hydrogens (tertiary/aromatic N) is 2. The Bertz CT molecular complexity index is 895. The van der Waals surface area contributed by atoms with Gasteiger partial charge in [0.05, 0.1) is 5.69 Å². The first kappa shape index (κ1) is 23.6. The molecule has 3 aliphatic rings. The third kappa shape index (κ3) is 5.30. The molecule has 6 nitrogen and oxygen atoms in total. The zero-order chi connectivity index (χ0) is 22.7. The molecule has 32 heavy (non-hydrogen) atoms. The van der Waals surface area contributed by atoms with E-state index in [1.54, 1.807) is 10.4 Å². The Kier molecular flexibility index (Phi) is 7.45. The molecule has 178 valence electrons. The molecule has 3 fully saturated rings. The second kappa shape index (κ2) is 10.1. The number of carbonyl (C=O) groups excluding carboxylic acids is 1. The first-order valence-corrected chi connectivity index (χ1v) is 14.0. The van der Waals surface area contributed by atoms with Crippen LogP contribution in [0.5, 0.6) is 0 Å². The third-order valence-corrected chi connectivity index (χ3v) is 9.57. The fourth-order valence-corrected chi connectivity index (χ4v) is 6.96. The Morgan fingerprint density at radius 1 is 0.875 bits per heavy atom. The van der Waals surface area contributed by atoms with Crippen molar-refractivity contribution < 1.29 is 13.2 Å². The van der Waals surface area contributed by atoms with E-state index >= 15 is 0 Å². The molecule has 4 rings (SSSR count). The van der Waals surface area contributed by atoms with Gasteiger partial charge >= 0.3 is 0 Å². The molecule has 1 aromatic carbocycles. The van der Waals surface area contributed by atoms with Gasteiger partial charge in [0, 0.05) is 37.8 Å². The smallest absolute Gasteiger partial charge is 0.251 e. The van der Waals surface area contributed by atoms with Crippen LogP contribution in [0, 0.1) is 11.8 Å². The maximum Gasteiger partial charge on any atom is 0.251 e. The molecule has 1 saturated carbocycles. The zero-order valence-electron chi connectivity index (χ0n) is 19.7. The SMILES string of the molecule is CC1CCN(c2ccc(C(=O)NC3CCCCC3)cc2S(=O)(=O)N2CCC(C)CC2)CC1. The van der Waals surface area contributed by atoms with Gasteiger partial charge < -0.3 is 10.2 Å². The van der Waals surface area contributed by atoms with Crippen molar-refractivity contribution in [1.29, 1.82) is 0 Å². The van der Waals surface area contributed by atoms with Gasteiger partial charge in [-0.2, -0.15) is 4.31 Å². The number of rotatable bonds is 5. The number of hydrogen-bond acceptors (Lipinski definition) is 4. The Morgan fingerprint density at radius 3 is 2.09 bits per heavy atom. The van der Waals surface area contributed by atoms with Gasteiger partial charge in [-0.3, -0.25) is 4.79 Å². The third-order valence-electron chi connectivity index (χ3n) is 7.65. The minimum Gasteiger partial charge on any atom is -0.370 e. The van der Waals surface area contributed by atoms with E-state index in [4.69, 9.17) is 0 Å². The molecule has 1 N–H and O–H groups in total. The topological polar surface area (TPSA) is 69.7 Å². The number of carbonyl (C=O) groups is 1. The highest BCUT2D eigenvalue weighted by atomic mass is 32.2. The predicted molar refractivity (Wildman–Crippen MR) is 129 cm³/mol. The predicted octanol–water partition coefficient (Wildman–Crippen LogP) is 4.41. The molecule has 2 aliphatic heterocycles. The van der Waals surface area contributed by atoms with Crippen LogP contribution < -0.4 is 10.2 Å². The molecule has 7 heteroatoms. The highest BCUT2D eigenvalue weighted by molar-refractivity contribution is 7.89. The quantitative estimate of drug-likeness (QED) is 0.705. The lowest BCUT2D eigenvalue weighted by atomic mass is 9.95. The van der Waals surface area contributed by atoms with Gasteiger partial charge in [-0.1, -0.05) is 33.1 Å². The Morgan fingerprint density at radius 2 is 1.47 bits per heavy atom. The number of sulfonamides is 1. The standard InChI is InChI=1S/C25H39N3O3S/c1-19-10-14-27(15-11-19)23-9-8-21(25(29)26-22-6-4-3-5-7-22)18-24(23)32(30,31)28-16-12-20(2)13-17-28/h8-9,18-20,22H,3-7,10-17H2,1-2H3,(H,26,29). The van der Waals surface area contributed by atoms with Gasteiger partial charge in [-0.25, -0.2) is 8.42 Å². The average molecular weight is 462 g/mol. The molecular weight excluding hydrogens is 422 g/mol. The minimum atomic E-state index is -3.66. The number of hydrogen-bond donors (Lipinski definition) is 1. The lowest BCUT2D eigenvalue weighted by Crippen LogP contribution is -2.40. The van der Waals surface area contributed by atoms with E-state index in [1.807, 2.05) is 12.1 Å². The van der Waals surface area contributed by atoms with Crippen molar-refractivity contribution in [1.82, 2.24) is 9.62 Å². The lowest BCUT2D eigenvalue weighted by molar-refractivity contribution is 0.0927. The second-order valence-corrected chi connectivity index (χ2v) is 12.2. The van der Waals surface area contributed by atoms with Gasteiger partial charge in [0.25, 0.3) is 5.91 Å². The van der Waals surface area contributed by atoms with Crippen molar-refractivity contribution in [2.45, 2.75) is 82.6 Å². The van der Waals surface area contributed by atoms with Crippen molar-refractivity contribution in [3.8, 4) is 0 Å². The number of piperidine rings is 2. The van der Waals surface area contributed by atoms with Crippen LogP contribution in [0.3, 0.4) is 0 Å². The van der Waals surface area contributed by atoms with Gasteiger partial charge in [0.1, 0.15) is 4.90 Å². The van der Waals surface area contributed by atoms with Crippen LogP contribution in [0.1, 0.15) is 82.0 Å². The summed E-state index contributed by atoms with van der Waals surface area (Å²) in [5.41, 5.74) is 1.21. The van der Waals surface area contributed by atoms with Gasteiger partial charge in [0.15, 0.2) is 0 Å². The van der Waals surface area contributed by atoms with E-state index in [-0.39, 0.29) is 11.9 Å². The molecule has 0 spiro atoms. The number of anilines is 1. The molecular formula is C25H39N3O3S. The molecule has 1 amide bonds. The van der Waals surface area contributed by atoms with Crippen LogP contribution in [0.2, 0.25) is 0 Å². The molecule has 0 bridgehead atoms. The van der Waals surface area contributed by atoms with Crippen LogP contribution in [-0.4, -0.2) is 50.9 Å². The van der Waals surface area contributed by atoms with E-state index in [0.717, 1.165) is 70.1 Å². The van der Waals surface area contributed by atoms with E-state index in [1.165, 1.54) is 6.42 Å². The number of benzene rings is 1. The zero-order valence-corrected chi connectivity index (χ0v) is 20.5. The summed E-state index contributed by atoms with van der Waals surface area (Å²) in [6, 6.07) is 5.51. The van der Waals surface area contributed by atoms with Crippen LogP contribution in [0.15, 0.2) is 23.1 Å². The van der Waals surface area contributed by atoms with Gasteiger partial charge in [-0.05, 0) is 68.6 Å². The first-order valence-electron chi connectivity index (χ1n) is 12.5. The molecule has 2 heterocycles. The van der Waals surface area contributed by atoms with Crippen LogP contribution in [0.25, 0.3) is 0 Å². The lowest BCUT2D eigenvalue weighted by Gasteiger charge is -2.35. The summed E-state index contributed by atoms with van der Waals surface area (Å²) >= 11 is 0. The average Bonchev–Trinajstić information content (AvgIpc) is 2.80. The maximum atomic E-state index is 13.8. The first-order chi connectivity index (χ1) is 15.3. The highest BCUT2D eigenvalue weighted by Gasteiger charge is 2.33. The second-order valence-electron chi connectivity index (χ2n) is 10.2. The molecule has 1 aliphatic carbocycles. The van der Waals surface area contributed by atoms with Crippen molar-refractivity contribution in [3.05, 3.63) is 23.8 Å². The fraction of sp³-hybridized carbons (Fsp3) is 0.720. The molecule has 2 saturated heterocycles. The van der Waals surface area contributed by atoms with Gasteiger partial charge in [0.2, 0.25) is 10.0 Å². The summed E-state index contributed by atoms with van der Waals surface area (Å²) in [5.74, 6) is 1.06. The Labute approximate surface area is 193 Å². The fourth-order valence-electron chi connectivity index (χ4n) is 5.25. The van der Waals surface area contributed by atoms with Crippen molar-refractivity contribution in [3.63, 3.8) is 0 Å². The molecule has 0 radical (unpaired) electrons. The normalized spacial score (nSPS) is 22.8. The maximum absolute atomic E-state index is 13.8. The largest absolute Gasteiger partial charge is 0.370 e. The van der Waals surface area contributed by atoms with Crippen LogP contribution in [-0.2, 0) is 10.0 Å². The summed E-state index contributed by atoms with van der Waals surface area (Å²) in [5, 5.41) is 3.14. The van der Waals surface area contributed by atoms with Crippen molar-refractivity contribution in [2.75, 3.05) is 31.1 Å². The summed E-state index contributed by atoms with van der Waals surface area (Å²) in [6.07, 6.45) is 9.42. The summed E-state index contributed by atoms with van der Waals surface area (Å²) < 4.78 is 29.1. The number of amides is 1. The van der Waals surface area contributed by atoms with E-state index in [2.05, 4.69) is 24.1 Å². The molecule has 0 aromatic heterocycles. The van der Waals surface area contributed by atoms with Gasteiger partial charge in [-0.15, -0.1) is 0 Å². The summed E-state index contributed by atoms with van der Waals surface area (Å²) in [7, 11) is -3.66. The number of nitrogens with one attached hydrogen (secondary N) is 1. The molecule has 1 aromatic rings. The summed E-state index contributed by atoms with van der Waals surface area (Å²) in [4.78, 5) is 15.5. The van der Waals surface area contributed by atoms with Crippen molar-refractivity contribution >= 4 is 21.6 Å². The highest BCUT2D eigenvalue weighted by Crippen LogP contribution is 2.34. The molecule has 0 unspecified atom stereocenters. The van der Waals surface area contributed by atoms with E-state index < -0.39 is 10.0 Å². The summed E-state index contributed by atoms with van der Waals surface area (Å²) in [6.45, 7) is 7.25. The van der Waals surface area contributed by atoms with Crippen LogP contribution >= 0.6 is 0 Å². The monoisotopic (exact) mass is 461 g/mol. The molecule has 0 atom stereocenters. The van der Waals surface area contributed by atoms with Crippen molar-refractivity contribution in [2.24, 2.45) is 11.8 Å².